The van der Waals surface area contributed by atoms with Crippen LogP contribution in [0, 0.1) is 10.9 Å². The lowest BCUT2D eigenvalue weighted by atomic mass is 10.3. The second-order valence-electron chi connectivity index (χ2n) is 2.10. The lowest BCUT2D eigenvalue weighted by Gasteiger charge is -1.84. The maximum Gasteiger partial charge on any atom is 0.159 e. The van der Waals surface area contributed by atoms with Crippen LogP contribution >= 0.6 is 23.6 Å². The summed E-state index contributed by atoms with van der Waals surface area (Å²) in [5.74, 6) is 0. The Morgan fingerprint density at radius 1 is 1.64 bits per heavy atom. The molecule has 1 aromatic heterocycles. The maximum atomic E-state index is 4.97. The summed E-state index contributed by atoms with van der Waals surface area (Å²) in [6, 6.07) is 0. The van der Waals surface area contributed by atoms with Crippen LogP contribution in [0.1, 0.15) is 10.6 Å². The van der Waals surface area contributed by atoms with Gasteiger partial charge in [-0.3, -0.25) is 0 Å². The van der Waals surface area contributed by atoms with Gasteiger partial charge in [-0.15, -0.1) is 11.3 Å². The molecule has 1 nitrogen and oxygen atoms in total. The van der Waals surface area contributed by atoms with Crippen molar-refractivity contribution < 1.29 is 0 Å². The lowest BCUT2D eigenvalue weighted by Crippen LogP contribution is -1.70. The quantitative estimate of drug-likeness (QED) is 0.549. The van der Waals surface area contributed by atoms with Crippen molar-refractivity contribution in [2.24, 2.45) is 0 Å². The van der Waals surface area contributed by atoms with Gasteiger partial charge in [-0.1, -0.05) is 18.7 Å². The Kier molecular flexibility index (Phi) is 2.79. The molecule has 1 heterocycles. The van der Waals surface area contributed by atoms with Crippen molar-refractivity contribution in [3.63, 3.8) is 0 Å². The fraction of sp³-hybridized carbons (Fsp3) is 0.125. The average Bonchev–Trinajstić information content (AvgIpc) is 2.26. The maximum absolute atomic E-state index is 4.97. The molecule has 1 N–H and O–H groups in total. The first-order chi connectivity index (χ1) is 5.24. The van der Waals surface area contributed by atoms with Crippen LogP contribution in [0.3, 0.4) is 0 Å². The first-order valence-electron chi connectivity index (χ1n) is 3.23. The van der Waals surface area contributed by atoms with Gasteiger partial charge in [0.05, 0.1) is 0 Å². The van der Waals surface area contributed by atoms with Crippen molar-refractivity contribution in [2.75, 3.05) is 0 Å². The third-order valence-corrected chi connectivity index (χ3v) is 2.55. The largest absolute Gasteiger partial charge is 0.341 e. The zero-order chi connectivity index (χ0) is 8.27. The third kappa shape index (κ3) is 2.13. The number of thiazole rings is 1. The highest BCUT2D eigenvalue weighted by Gasteiger charge is 1.95. The number of nitrogens with one attached hydrogen (secondary N) is 1. The molecule has 0 radical (unpaired) electrons. The third-order valence-electron chi connectivity index (χ3n) is 1.25. The summed E-state index contributed by atoms with van der Waals surface area (Å²) < 4.78 is 0.825. The molecule has 1 rings (SSSR count). The molecule has 0 unspecified atom stereocenters. The van der Waals surface area contributed by atoms with Gasteiger partial charge in [0.2, 0.25) is 0 Å². The minimum atomic E-state index is 0.825. The number of allylic oxidation sites excluding steroid dienone is 2. The fourth-order valence-electron chi connectivity index (χ4n) is 0.731. The molecule has 0 atom stereocenters. The Hall–Kier alpha value is -0.670. The van der Waals surface area contributed by atoms with Crippen molar-refractivity contribution in [2.45, 2.75) is 6.92 Å². The van der Waals surface area contributed by atoms with Crippen LogP contribution in [0.4, 0.5) is 0 Å². The molecule has 0 saturated carbocycles. The summed E-state index contributed by atoms with van der Waals surface area (Å²) in [6.07, 6.45) is 5.66. The summed E-state index contributed by atoms with van der Waals surface area (Å²) in [5.41, 5.74) is 1.12. The van der Waals surface area contributed by atoms with Gasteiger partial charge in [0.15, 0.2) is 3.95 Å². The zero-order valence-corrected chi connectivity index (χ0v) is 7.89. The predicted molar refractivity (Wildman–Crippen MR) is 53.5 cm³/mol. The van der Waals surface area contributed by atoms with Crippen LogP contribution in [-0.4, -0.2) is 4.98 Å². The molecule has 0 saturated heterocycles. The van der Waals surface area contributed by atoms with Crippen LogP contribution in [-0.2, 0) is 0 Å². The van der Waals surface area contributed by atoms with Gasteiger partial charge in [0.25, 0.3) is 0 Å². The van der Waals surface area contributed by atoms with Gasteiger partial charge in [-0.25, -0.2) is 0 Å². The first-order valence-corrected chi connectivity index (χ1v) is 4.45. The molecule has 0 fully saturated rings. The Morgan fingerprint density at radius 2 is 2.36 bits per heavy atom. The van der Waals surface area contributed by atoms with Crippen LogP contribution in [0.5, 0.6) is 0 Å². The Bertz CT molecular complexity index is 330. The Balaban J connectivity index is 3.03. The zero-order valence-electron chi connectivity index (χ0n) is 6.26. The smallest absolute Gasteiger partial charge is 0.159 e. The second-order valence-corrected chi connectivity index (χ2v) is 3.82. The van der Waals surface area contributed by atoms with Crippen molar-refractivity contribution in [3.8, 4) is 0 Å². The van der Waals surface area contributed by atoms with E-state index in [1.165, 1.54) is 4.88 Å². The number of rotatable bonds is 2. The van der Waals surface area contributed by atoms with Gasteiger partial charge in [0.1, 0.15) is 0 Å². The van der Waals surface area contributed by atoms with E-state index in [2.05, 4.69) is 11.6 Å². The van der Waals surface area contributed by atoms with Crippen molar-refractivity contribution in [3.05, 3.63) is 33.3 Å². The molecule has 0 aliphatic carbocycles. The number of aromatic amines is 1. The number of hydrogen-bond acceptors (Lipinski definition) is 2. The standard InChI is InChI=1S/C8H9NS2/c1-3-4-5-7-6(2)9-8(10)11-7/h3-5H,1H2,2H3,(H,9,10)/b5-4-. The Labute approximate surface area is 75.1 Å². The Morgan fingerprint density at radius 3 is 2.82 bits per heavy atom. The molecule has 3 heteroatoms. The van der Waals surface area contributed by atoms with Crippen LogP contribution < -0.4 is 0 Å². The fourth-order valence-corrected chi connectivity index (χ4v) is 1.91. The summed E-state index contributed by atoms with van der Waals surface area (Å²) >= 11 is 6.55. The van der Waals surface area contributed by atoms with Crippen molar-refractivity contribution in [1.29, 1.82) is 0 Å². The normalized spacial score (nSPS) is 10.6. The van der Waals surface area contributed by atoms with Gasteiger partial charge in [0, 0.05) is 10.6 Å². The summed E-state index contributed by atoms with van der Waals surface area (Å²) in [6.45, 7) is 5.60. The topological polar surface area (TPSA) is 15.8 Å². The van der Waals surface area contributed by atoms with Gasteiger partial charge >= 0.3 is 0 Å². The molecule has 0 aliphatic rings. The average molecular weight is 183 g/mol. The molecule has 0 aromatic carbocycles. The van der Waals surface area contributed by atoms with Crippen molar-refractivity contribution in [1.82, 2.24) is 4.98 Å². The minimum absolute atomic E-state index is 0.825. The lowest BCUT2D eigenvalue weighted by molar-refractivity contribution is 1.25. The summed E-state index contributed by atoms with van der Waals surface area (Å²) in [5, 5.41) is 0. The number of H-pyrrole nitrogens is 1. The summed E-state index contributed by atoms with van der Waals surface area (Å²) in [7, 11) is 0. The molecule has 0 aliphatic heterocycles. The highest BCUT2D eigenvalue weighted by molar-refractivity contribution is 7.73. The van der Waals surface area contributed by atoms with E-state index in [4.69, 9.17) is 12.2 Å². The second kappa shape index (κ2) is 3.64. The SMILES string of the molecule is C=C/C=C\c1sc(=S)[nH]c1C. The molecule has 58 valence electrons. The molecule has 0 amide bonds. The highest BCUT2D eigenvalue weighted by atomic mass is 32.1. The molecule has 1 aromatic rings. The monoisotopic (exact) mass is 183 g/mol. The van der Waals surface area contributed by atoms with E-state index in [1.807, 2.05) is 19.1 Å². The first kappa shape index (κ1) is 8.43. The van der Waals surface area contributed by atoms with Gasteiger partial charge in [-0.2, -0.15) is 0 Å². The number of hydrogen-bond donors (Lipinski definition) is 1. The van der Waals surface area contributed by atoms with Crippen LogP contribution in [0.2, 0.25) is 0 Å². The minimum Gasteiger partial charge on any atom is -0.341 e. The van der Waals surface area contributed by atoms with Crippen LogP contribution in [0.25, 0.3) is 6.08 Å². The van der Waals surface area contributed by atoms with E-state index >= 15 is 0 Å². The molecular formula is C8H9NS2. The van der Waals surface area contributed by atoms with Crippen molar-refractivity contribution >= 4 is 29.6 Å². The van der Waals surface area contributed by atoms with E-state index in [9.17, 15) is 0 Å². The number of aryl methyl sites for hydroxylation is 1. The van der Waals surface area contributed by atoms with Crippen LogP contribution in [0.15, 0.2) is 18.7 Å². The molecule has 0 bridgehead atoms. The van der Waals surface area contributed by atoms with E-state index in [0.29, 0.717) is 0 Å². The molecule has 0 spiro atoms. The predicted octanol–water partition coefficient (Wildman–Crippen LogP) is 3.31. The van der Waals surface area contributed by atoms with Gasteiger partial charge < -0.3 is 4.98 Å². The van der Waals surface area contributed by atoms with E-state index < -0.39 is 0 Å². The highest BCUT2D eigenvalue weighted by Crippen LogP contribution is 2.15. The van der Waals surface area contributed by atoms with E-state index in [1.54, 1.807) is 17.4 Å². The molecular weight excluding hydrogens is 174 g/mol. The molecule has 11 heavy (non-hydrogen) atoms. The van der Waals surface area contributed by atoms with E-state index in [0.717, 1.165) is 9.65 Å². The summed E-state index contributed by atoms with van der Waals surface area (Å²) in [4.78, 5) is 4.24. The van der Waals surface area contributed by atoms with E-state index in [-0.39, 0.29) is 0 Å². The van der Waals surface area contributed by atoms with Gasteiger partial charge in [-0.05, 0) is 25.2 Å². The number of aromatic nitrogens is 1.